The van der Waals surface area contributed by atoms with Gasteiger partial charge in [-0.1, -0.05) is 13.3 Å². The molecule has 1 aromatic rings. The SMILES string of the molecule is CCS[C@@H]1CCC[C@@H]1NC(=O)[C@@H]1C[C@@H]1c1ccco1. The van der Waals surface area contributed by atoms with E-state index in [2.05, 4.69) is 12.2 Å². The molecule has 19 heavy (non-hydrogen) atoms. The summed E-state index contributed by atoms with van der Waals surface area (Å²) in [5.41, 5.74) is 0. The normalized spacial score (nSPS) is 33.3. The number of carbonyl (C=O) groups excluding carboxylic acids is 1. The van der Waals surface area contributed by atoms with E-state index >= 15 is 0 Å². The van der Waals surface area contributed by atoms with Gasteiger partial charge < -0.3 is 9.73 Å². The van der Waals surface area contributed by atoms with Gasteiger partial charge in [0.25, 0.3) is 0 Å². The van der Waals surface area contributed by atoms with Crippen LogP contribution in [-0.4, -0.2) is 23.0 Å². The molecule has 0 aromatic carbocycles. The first-order chi connectivity index (χ1) is 9.29. The molecule has 0 saturated heterocycles. The van der Waals surface area contributed by atoms with Gasteiger partial charge in [-0.3, -0.25) is 4.79 Å². The number of hydrogen-bond donors (Lipinski definition) is 1. The standard InChI is InChI=1S/C15H21NO2S/c1-2-19-14-7-3-5-12(14)16-15(17)11-9-10(11)13-6-4-8-18-13/h4,6,8,10-12,14H,2-3,5,7,9H2,1H3,(H,16,17)/t10-,11+,12-,14+/m0/s1. The fourth-order valence-electron chi connectivity index (χ4n) is 3.10. The first-order valence-electron chi connectivity index (χ1n) is 7.25. The summed E-state index contributed by atoms with van der Waals surface area (Å²) in [6.07, 6.45) is 6.26. The first kappa shape index (κ1) is 13.1. The number of hydrogen-bond acceptors (Lipinski definition) is 3. The molecule has 104 valence electrons. The van der Waals surface area contributed by atoms with Gasteiger partial charge in [-0.25, -0.2) is 0 Å². The van der Waals surface area contributed by atoms with Crippen molar-refractivity contribution in [1.82, 2.24) is 5.32 Å². The van der Waals surface area contributed by atoms with Crippen molar-refractivity contribution in [2.45, 2.75) is 49.8 Å². The second kappa shape index (κ2) is 5.61. The monoisotopic (exact) mass is 279 g/mol. The van der Waals surface area contributed by atoms with E-state index < -0.39 is 0 Å². The average molecular weight is 279 g/mol. The minimum atomic E-state index is 0.138. The molecule has 1 aromatic heterocycles. The third-order valence-electron chi connectivity index (χ3n) is 4.20. The van der Waals surface area contributed by atoms with Crippen molar-refractivity contribution in [1.29, 1.82) is 0 Å². The van der Waals surface area contributed by atoms with E-state index in [0.717, 1.165) is 24.4 Å². The molecule has 0 radical (unpaired) electrons. The topological polar surface area (TPSA) is 42.2 Å². The molecule has 1 heterocycles. The predicted molar refractivity (Wildman–Crippen MR) is 77.3 cm³/mol. The Morgan fingerprint density at radius 2 is 2.42 bits per heavy atom. The molecule has 4 heteroatoms. The molecule has 0 unspecified atom stereocenters. The van der Waals surface area contributed by atoms with E-state index in [-0.39, 0.29) is 11.8 Å². The second-order valence-corrected chi connectivity index (χ2v) is 7.02. The Labute approximate surface area is 118 Å². The number of nitrogens with one attached hydrogen (secondary N) is 1. The highest BCUT2D eigenvalue weighted by molar-refractivity contribution is 7.99. The second-order valence-electron chi connectivity index (χ2n) is 5.50. The van der Waals surface area contributed by atoms with Crippen molar-refractivity contribution in [2.24, 2.45) is 5.92 Å². The van der Waals surface area contributed by atoms with Gasteiger partial charge >= 0.3 is 0 Å². The van der Waals surface area contributed by atoms with Crippen LogP contribution < -0.4 is 5.32 Å². The summed E-state index contributed by atoms with van der Waals surface area (Å²) < 4.78 is 5.38. The van der Waals surface area contributed by atoms with Gasteiger partial charge in [-0.05, 0) is 37.1 Å². The number of furan rings is 1. The Kier molecular flexibility index (Phi) is 3.87. The molecule has 0 bridgehead atoms. The Morgan fingerprint density at radius 3 is 3.16 bits per heavy atom. The van der Waals surface area contributed by atoms with E-state index in [1.165, 1.54) is 12.8 Å². The van der Waals surface area contributed by atoms with E-state index in [1.807, 2.05) is 23.9 Å². The molecule has 3 nitrogen and oxygen atoms in total. The van der Waals surface area contributed by atoms with Gasteiger partial charge in [0.2, 0.25) is 5.91 Å². The van der Waals surface area contributed by atoms with Gasteiger partial charge in [0.05, 0.1) is 6.26 Å². The van der Waals surface area contributed by atoms with Gasteiger partial charge in [-0.15, -0.1) is 0 Å². The smallest absolute Gasteiger partial charge is 0.224 e. The molecule has 4 atom stereocenters. The molecule has 3 rings (SSSR count). The summed E-state index contributed by atoms with van der Waals surface area (Å²) in [6.45, 7) is 2.19. The molecular formula is C15H21NO2S. The predicted octanol–water partition coefficient (Wildman–Crippen LogP) is 3.17. The molecule has 2 aliphatic carbocycles. The molecule has 1 amide bonds. The summed E-state index contributed by atoms with van der Waals surface area (Å²) in [7, 11) is 0. The lowest BCUT2D eigenvalue weighted by Crippen LogP contribution is -2.39. The van der Waals surface area contributed by atoms with Crippen molar-refractivity contribution >= 4 is 17.7 Å². The van der Waals surface area contributed by atoms with Crippen LogP contribution in [0.5, 0.6) is 0 Å². The summed E-state index contributed by atoms with van der Waals surface area (Å²) >= 11 is 1.99. The summed E-state index contributed by atoms with van der Waals surface area (Å²) in [4.78, 5) is 12.3. The zero-order valence-corrected chi connectivity index (χ0v) is 12.1. The van der Waals surface area contributed by atoms with Crippen molar-refractivity contribution in [3.05, 3.63) is 24.2 Å². The van der Waals surface area contributed by atoms with Crippen molar-refractivity contribution < 1.29 is 9.21 Å². The molecule has 0 spiro atoms. The van der Waals surface area contributed by atoms with Crippen LogP contribution >= 0.6 is 11.8 Å². The number of thioether (sulfide) groups is 1. The van der Waals surface area contributed by atoms with Crippen LogP contribution in [0, 0.1) is 5.92 Å². The fraction of sp³-hybridized carbons (Fsp3) is 0.667. The van der Waals surface area contributed by atoms with Crippen molar-refractivity contribution in [2.75, 3.05) is 5.75 Å². The maximum atomic E-state index is 12.3. The zero-order chi connectivity index (χ0) is 13.2. The van der Waals surface area contributed by atoms with E-state index in [9.17, 15) is 4.79 Å². The molecular weight excluding hydrogens is 258 g/mol. The minimum Gasteiger partial charge on any atom is -0.469 e. The van der Waals surface area contributed by atoms with Crippen molar-refractivity contribution in [3.63, 3.8) is 0 Å². The van der Waals surface area contributed by atoms with Gasteiger partial charge in [0.15, 0.2) is 0 Å². The lowest BCUT2D eigenvalue weighted by Gasteiger charge is -2.20. The Balaban J connectivity index is 1.52. The highest BCUT2D eigenvalue weighted by Gasteiger charge is 2.46. The quantitative estimate of drug-likeness (QED) is 0.900. The Bertz CT molecular complexity index is 431. The van der Waals surface area contributed by atoms with Crippen LogP contribution in [-0.2, 0) is 4.79 Å². The zero-order valence-electron chi connectivity index (χ0n) is 11.3. The lowest BCUT2D eigenvalue weighted by atomic mass is 10.2. The molecule has 2 aliphatic rings. The molecule has 0 aliphatic heterocycles. The van der Waals surface area contributed by atoms with Crippen LogP contribution in [0.4, 0.5) is 0 Å². The lowest BCUT2D eigenvalue weighted by molar-refractivity contribution is -0.123. The Morgan fingerprint density at radius 1 is 1.53 bits per heavy atom. The van der Waals surface area contributed by atoms with Crippen LogP contribution in [0.25, 0.3) is 0 Å². The number of carbonyl (C=O) groups is 1. The summed E-state index contributed by atoms with van der Waals surface area (Å²) in [6, 6.07) is 4.26. The highest BCUT2D eigenvalue weighted by atomic mass is 32.2. The Hall–Kier alpha value is -0.900. The van der Waals surface area contributed by atoms with Crippen LogP contribution in [0.15, 0.2) is 22.8 Å². The van der Waals surface area contributed by atoms with E-state index in [1.54, 1.807) is 6.26 Å². The van der Waals surface area contributed by atoms with Gasteiger partial charge in [0.1, 0.15) is 5.76 Å². The van der Waals surface area contributed by atoms with Crippen LogP contribution in [0.2, 0.25) is 0 Å². The van der Waals surface area contributed by atoms with Crippen LogP contribution in [0.1, 0.15) is 44.3 Å². The molecule has 1 N–H and O–H groups in total. The van der Waals surface area contributed by atoms with E-state index in [0.29, 0.717) is 17.2 Å². The van der Waals surface area contributed by atoms with E-state index in [4.69, 9.17) is 4.42 Å². The van der Waals surface area contributed by atoms with Gasteiger partial charge in [0, 0.05) is 23.1 Å². The third kappa shape index (κ3) is 2.83. The summed E-state index contributed by atoms with van der Waals surface area (Å²) in [5.74, 6) is 2.78. The van der Waals surface area contributed by atoms with Crippen LogP contribution in [0.3, 0.4) is 0 Å². The maximum Gasteiger partial charge on any atom is 0.224 e. The summed E-state index contributed by atoms with van der Waals surface area (Å²) in [5, 5.41) is 3.89. The minimum absolute atomic E-state index is 0.138. The highest BCUT2D eigenvalue weighted by Crippen LogP contribution is 2.48. The fourth-order valence-corrected chi connectivity index (χ4v) is 4.29. The number of rotatable bonds is 5. The number of amides is 1. The third-order valence-corrected chi connectivity index (χ3v) is 5.52. The maximum absolute atomic E-state index is 12.3. The van der Waals surface area contributed by atoms with Gasteiger partial charge in [-0.2, -0.15) is 11.8 Å². The average Bonchev–Trinajstić information content (AvgIpc) is 2.83. The first-order valence-corrected chi connectivity index (χ1v) is 8.30. The van der Waals surface area contributed by atoms with Crippen molar-refractivity contribution in [3.8, 4) is 0 Å². The molecule has 2 fully saturated rings. The largest absolute Gasteiger partial charge is 0.469 e. The molecule has 2 saturated carbocycles.